The maximum Gasteiger partial charge on any atom is 0.243 e. The zero-order valence-corrected chi connectivity index (χ0v) is 12.7. The number of halogens is 1. The lowest BCUT2D eigenvalue weighted by molar-refractivity contribution is 0.0209. The van der Waals surface area contributed by atoms with Gasteiger partial charge in [-0.05, 0) is 50.1 Å². The molecular weight excluding hydrogens is 295 g/mol. The molecule has 1 heterocycles. The molecule has 0 saturated carbocycles. The van der Waals surface area contributed by atoms with E-state index in [0.29, 0.717) is 39.1 Å². The Labute approximate surface area is 124 Å². The Balaban J connectivity index is 1.93. The first kappa shape index (κ1) is 16.4. The van der Waals surface area contributed by atoms with Crippen LogP contribution in [0.5, 0.6) is 0 Å². The zero-order valence-electron chi connectivity index (χ0n) is 11.9. The molecule has 0 radical (unpaired) electrons. The van der Waals surface area contributed by atoms with E-state index in [9.17, 15) is 12.8 Å². The number of ether oxygens (including phenoxy) is 1. The third-order valence-corrected chi connectivity index (χ3v) is 5.47. The van der Waals surface area contributed by atoms with Crippen molar-refractivity contribution in [1.82, 2.24) is 4.31 Å². The van der Waals surface area contributed by atoms with E-state index in [4.69, 9.17) is 10.5 Å². The SMILES string of the molecule is NCCCOC1CCN(S(=O)(=O)c2ccc(F)cc2)CC1. The van der Waals surface area contributed by atoms with Gasteiger partial charge < -0.3 is 10.5 Å². The van der Waals surface area contributed by atoms with Crippen molar-refractivity contribution in [2.24, 2.45) is 5.73 Å². The fourth-order valence-corrected chi connectivity index (χ4v) is 3.80. The summed E-state index contributed by atoms with van der Waals surface area (Å²) in [5.74, 6) is -0.444. The van der Waals surface area contributed by atoms with Crippen LogP contribution in [0.4, 0.5) is 4.39 Å². The van der Waals surface area contributed by atoms with E-state index in [1.165, 1.54) is 16.4 Å². The van der Waals surface area contributed by atoms with Crippen molar-refractivity contribution in [1.29, 1.82) is 0 Å². The number of piperidine rings is 1. The Morgan fingerprint density at radius 1 is 1.24 bits per heavy atom. The van der Waals surface area contributed by atoms with Gasteiger partial charge in [0.25, 0.3) is 0 Å². The second-order valence-electron chi connectivity index (χ2n) is 5.07. The smallest absolute Gasteiger partial charge is 0.243 e. The summed E-state index contributed by atoms with van der Waals surface area (Å²) in [6, 6.07) is 4.92. The zero-order chi connectivity index (χ0) is 15.3. The maximum absolute atomic E-state index is 12.9. The van der Waals surface area contributed by atoms with Gasteiger partial charge in [-0.1, -0.05) is 0 Å². The fraction of sp³-hybridized carbons (Fsp3) is 0.571. The van der Waals surface area contributed by atoms with Crippen LogP contribution in [0, 0.1) is 5.82 Å². The molecule has 1 aliphatic heterocycles. The van der Waals surface area contributed by atoms with Crippen LogP contribution in [-0.2, 0) is 14.8 Å². The molecule has 0 atom stereocenters. The van der Waals surface area contributed by atoms with E-state index < -0.39 is 15.8 Å². The molecule has 0 amide bonds. The first-order chi connectivity index (χ1) is 10.0. The summed E-state index contributed by atoms with van der Waals surface area (Å²) in [7, 11) is -3.54. The van der Waals surface area contributed by atoms with Gasteiger partial charge in [-0.3, -0.25) is 0 Å². The Hall–Kier alpha value is -1.02. The van der Waals surface area contributed by atoms with E-state index in [-0.39, 0.29) is 11.0 Å². The summed E-state index contributed by atoms with van der Waals surface area (Å²) in [5, 5.41) is 0. The van der Waals surface area contributed by atoms with Gasteiger partial charge in [0.1, 0.15) is 5.82 Å². The van der Waals surface area contributed by atoms with Crippen molar-refractivity contribution in [2.75, 3.05) is 26.2 Å². The molecule has 118 valence electrons. The van der Waals surface area contributed by atoms with E-state index >= 15 is 0 Å². The Kier molecular flexibility index (Phi) is 5.69. The lowest BCUT2D eigenvalue weighted by atomic mass is 10.1. The summed E-state index contributed by atoms with van der Waals surface area (Å²) in [5.41, 5.74) is 5.40. The lowest BCUT2D eigenvalue weighted by Crippen LogP contribution is -2.41. The van der Waals surface area contributed by atoms with Gasteiger partial charge in [0, 0.05) is 19.7 Å². The summed E-state index contributed by atoms with van der Waals surface area (Å²) >= 11 is 0. The van der Waals surface area contributed by atoms with Crippen molar-refractivity contribution in [3.63, 3.8) is 0 Å². The topological polar surface area (TPSA) is 72.6 Å². The molecule has 1 aromatic carbocycles. The summed E-state index contributed by atoms with van der Waals surface area (Å²) in [4.78, 5) is 0.131. The van der Waals surface area contributed by atoms with Gasteiger partial charge in [0.05, 0.1) is 11.0 Å². The molecule has 5 nitrogen and oxygen atoms in total. The van der Waals surface area contributed by atoms with Crippen LogP contribution in [-0.4, -0.2) is 45.1 Å². The van der Waals surface area contributed by atoms with Crippen LogP contribution < -0.4 is 5.73 Å². The van der Waals surface area contributed by atoms with Crippen LogP contribution in [0.15, 0.2) is 29.2 Å². The Bertz CT molecular complexity index is 540. The highest BCUT2D eigenvalue weighted by atomic mass is 32.2. The molecule has 2 N–H and O–H groups in total. The van der Waals surface area contributed by atoms with Crippen LogP contribution in [0.1, 0.15) is 19.3 Å². The number of benzene rings is 1. The number of hydrogen-bond acceptors (Lipinski definition) is 4. The maximum atomic E-state index is 12.9. The van der Waals surface area contributed by atoms with E-state index in [2.05, 4.69) is 0 Å². The van der Waals surface area contributed by atoms with Gasteiger partial charge in [0.15, 0.2) is 0 Å². The van der Waals surface area contributed by atoms with Crippen molar-refractivity contribution in [3.8, 4) is 0 Å². The van der Waals surface area contributed by atoms with E-state index in [1.807, 2.05) is 0 Å². The summed E-state index contributed by atoms with van der Waals surface area (Å²) in [6.07, 6.45) is 2.25. The van der Waals surface area contributed by atoms with Crippen molar-refractivity contribution < 1.29 is 17.5 Å². The Morgan fingerprint density at radius 3 is 2.43 bits per heavy atom. The van der Waals surface area contributed by atoms with Crippen LogP contribution in [0.2, 0.25) is 0 Å². The number of hydrogen-bond donors (Lipinski definition) is 1. The fourth-order valence-electron chi connectivity index (χ4n) is 2.33. The Morgan fingerprint density at radius 2 is 1.86 bits per heavy atom. The average Bonchev–Trinajstić information content (AvgIpc) is 2.48. The molecule has 1 fully saturated rings. The molecule has 0 aromatic heterocycles. The standard InChI is InChI=1S/C14H21FN2O3S/c15-12-2-4-14(5-3-12)21(18,19)17-9-6-13(7-10-17)20-11-1-8-16/h2-5,13H,1,6-11,16H2. The lowest BCUT2D eigenvalue weighted by Gasteiger charge is -2.31. The van der Waals surface area contributed by atoms with E-state index in [1.54, 1.807) is 0 Å². The van der Waals surface area contributed by atoms with Crippen molar-refractivity contribution >= 4 is 10.0 Å². The quantitative estimate of drug-likeness (QED) is 0.804. The predicted molar refractivity (Wildman–Crippen MR) is 77.8 cm³/mol. The summed E-state index contributed by atoms with van der Waals surface area (Å²) < 4.78 is 44.8. The highest BCUT2D eigenvalue weighted by Gasteiger charge is 2.29. The summed E-state index contributed by atoms with van der Waals surface area (Å²) in [6.45, 7) is 2.06. The second kappa shape index (κ2) is 7.31. The molecule has 1 aromatic rings. The number of nitrogens with two attached hydrogens (primary N) is 1. The first-order valence-corrected chi connectivity index (χ1v) is 8.55. The normalized spacial score (nSPS) is 18.0. The van der Waals surface area contributed by atoms with Gasteiger partial charge in [0.2, 0.25) is 10.0 Å². The largest absolute Gasteiger partial charge is 0.378 e. The molecule has 7 heteroatoms. The molecule has 0 spiro atoms. The predicted octanol–water partition coefficient (Wildman–Crippen LogP) is 1.34. The molecule has 21 heavy (non-hydrogen) atoms. The molecule has 1 saturated heterocycles. The number of nitrogens with zero attached hydrogens (tertiary/aromatic N) is 1. The average molecular weight is 316 g/mol. The van der Waals surface area contributed by atoms with Gasteiger partial charge in [-0.15, -0.1) is 0 Å². The minimum Gasteiger partial charge on any atom is -0.378 e. The minimum atomic E-state index is -3.54. The van der Waals surface area contributed by atoms with Gasteiger partial charge in [-0.25, -0.2) is 12.8 Å². The third kappa shape index (κ3) is 4.23. The molecule has 0 unspecified atom stereocenters. The molecule has 1 aliphatic rings. The van der Waals surface area contributed by atoms with Crippen LogP contribution in [0.3, 0.4) is 0 Å². The van der Waals surface area contributed by atoms with E-state index in [0.717, 1.165) is 18.6 Å². The second-order valence-corrected chi connectivity index (χ2v) is 7.01. The monoisotopic (exact) mass is 316 g/mol. The van der Waals surface area contributed by atoms with Crippen molar-refractivity contribution in [2.45, 2.75) is 30.3 Å². The molecule has 0 bridgehead atoms. The highest BCUT2D eigenvalue weighted by Crippen LogP contribution is 2.22. The van der Waals surface area contributed by atoms with Gasteiger partial charge in [-0.2, -0.15) is 4.31 Å². The van der Waals surface area contributed by atoms with Crippen molar-refractivity contribution in [3.05, 3.63) is 30.1 Å². The molecular formula is C14H21FN2O3S. The third-order valence-electron chi connectivity index (χ3n) is 3.55. The first-order valence-electron chi connectivity index (χ1n) is 7.11. The van der Waals surface area contributed by atoms with Crippen LogP contribution >= 0.6 is 0 Å². The number of rotatable bonds is 6. The van der Waals surface area contributed by atoms with Gasteiger partial charge >= 0.3 is 0 Å². The van der Waals surface area contributed by atoms with Crippen LogP contribution in [0.25, 0.3) is 0 Å². The number of sulfonamides is 1. The molecule has 0 aliphatic carbocycles. The minimum absolute atomic E-state index is 0.0937. The highest BCUT2D eigenvalue weighted by molar-refractivity contribution is 7.89. The molecule has 2 rings (SSSR count).